The van der Waals surface area contributed by atoms with Crippen LogP contribution in [-0.4, -0.2) is 50.0 Å². The zero-order valence-corrected chi connectivity index (χ0v) is 22.0. The zero-order valence-electron chi connectivity index (χ0n) is 16.8. The van der Waals surface area contributed by atoms with Gasteiger partial charge >= 0.3 is 198 Å². The van der Waals surface area contributed by atoms with Crippen LogP contribution in [0, 0.1) is 13.8 Å². The van der Waals surface area contributed by atoms with Gasteiger partial charge in [-0.05, 0) is 0 Å². The first-order valence-electron chi connectivity index (χ1n) is 9.68. The third-order valence-corrected chi connectivity index (χ3v) is 12.5. The van der Waals surface area contributed by atoms with E-state index in [4.69, 9.17) is 0 Å². The van der Waals surface area contributed by atoms with Gasteiger partial charge in [0.05, 0.1) is 0 Å². The molecule has 1 N–H and O–H groups in total. The number of rotatable bonds is 6. The summed E-state index contributed by atoms with van der Waals surface area (Å²) in [6.07, 6.45) is 0. The molecular formula is C26H22OSe3. The number of aromatic hydroxyl groups is 1. The van der Waals surface area contributed by atoms with Crippen LogP contribution in [0.15, 0.2) is 91.0 Å². The fourth-order valence-corrected chi connectivity index (χ4v) is 10.5. The van der Waals surface area contributed by atoms with E-state index in [9.17, 15) is 5.11 Å². The summed E-state index contributed by atoms with van der Waals surface area (Å²) >= 11 is 0.366. The van der Waals surface area contributed by atoms with Crippen LogP contribution in [0.1, 0.15) is 11.1 Å². The van der Waals surface area contributed by atoms with Gasteiger partial charge in [0.15, 0.2) is 0 Å². The molecule has 0 aliphatic heterocycles. The van der Waals surface area contributed by atoms with E-state index in [-0.39, 0.29) is 44.9 Å². The number of benzene rings is 4. The van der Waals surface area contributed by atoms with E-state index in [0.29, 0.717) is 5.75 Å². The van der Waals surface area contributed by atoms with Crippen molar-refractivity contribution in [3.05, 3.63) is 102 Å². The van der Waals surface area contributed by atoms with Crippen LogP contribution in [0.3, 0.4) is 0 Å². The van der Waals surface area contributed by atoms with Gasteiger partial charge in [-0.1, -0.05) is 0 Å². The van der Waals surface area contributed by atoms with E-state index in [2.05, 4.69) is 105 Å². The Bertz CT molecular complexity index is 960. The fourth-order valence-electron chi connectivity index (χ4n) is 3.17. The number of phenolic OH excluding ortho intramolecular Hbond substituents is 1. The van der Waals surface area contributed by atoms with Crippen molar-refractivity contribution in [2.45, 2.75) is 13.8 Å². The first-order valence-corrected chi connectivity index (χ1v) is 14.8. The molecule has 0 saturated carbocycles. The Labute approximate surface area is 197 Å². The van der Waals surface area contributed by atoms with Crippen LogP contribution < -0.4 is 26.8 Å². The Hall–Kier alpha value is -1.76. The summed E-state index contributed by atoms with van der Waals surface area (Å²) in [5.74, 6) is 0.519. The Kier molecular flexibility index (Phi) is 7.18. The Morgan fingerprint density at radius 1 is 0.467 bits per heavy atom. The Morgan fingerprint density at radius 2 is 0.767 bits per heavy atom. The molecule has 0 unspecified atom stereocenters. The van der Waals surface area contributed by atoms with Gasteiger partial charge in [-0.2, -0.15) is 0 Å². The maximum absolute atomic E-state index is 11.4. The molecule has 0 saturated heterocycles. The molecule has 150 valence electrons. The van der Waals surface area contributed by atoms with E-state index in [1.165, 1.54) is 29.0 Å². The summed E-state index contributed by atoms with van der Waals surface area (Å²) in [7, 11) is 0. The summed E-state index contributed by atoms with van der Waals surface area (Å²) < 4.78 is 7.66. The minimum atomic E-state index is 0.0756. The van der Waals surface area contributed by atoms with Crippen LogP contribution in [-0.2, 0) is 0 Å². The third kappa shape index (κ3) is 4.93. The SMILES string of the molecule is Cc1c([Se]c2ccccc2)c(C)c([Se]c2ccccc2)c(O)c1[Se]c1ccccc1. The van der Waals surface area contributed by atoms with Crippen molar-refractivity contribution in [3.8, 4) is 5.75 Å². The van der Waals surface area contributed by atoms with Crippen LogP contribution in [0.2, 0.25) is 0 Å². The van der Waals surface area contributed by atoms with E-state index in [0.717, 1.165) is 8.92 Å². The standard InChI is InChI=1S/C26H22OSe3/c1-18-24(28-20-12-6-3-7-13-20)19(2)26(30-22-16-10-5-11-17-22)23(27)25(18)29-21-14-8-4-9-15-21/h3-17,27H,1-2H3. The van der Waals surface area contributed by atoms with Crippen LogP contribution in [0.4, 0.5) is 0 Å². The second-order valence-corrected chi connectivity index (χ2v) is 13.7. The van der Waals surface area contributed by atoms with E-state index in [1.54, 1.807) is 0 Å². The molecule has 0 bridgehead atoms. The van der Waals surface area contributed by atoms with Gasteiger partial charge < -0.3 is 0 Å². The molecule has 0 heterocycles. The second-order valence-electron chi connectivity index (χ2n) is 6.83. The summed E-state index contributed by atoms with van der Waals surface area (Å²) in [6, 6.07) is 31.9. The molecule has 4 heteroatoms. The predicted octanol–water partition coefficient (Wildman–Crippen LogP) is 0.974. The first kappa shape index (κ1) is 21.5. The molecule has 4 rings (SSSR count). The van der Waals surface area contributed by atoms with Crippen molar-refractivity contribution < 1.29 is 5.11 Å². The molecule has 0 amide bonds. The average Bonchev–Trinajstić information content (AvgIpc) is 2.79. The first-order chi connectivity index (χ1) is 14.6. The number of hydrogen-bond acceptors (Lipinski definition) is 1. The molecular weight excluding hydrogens is 565 g/mol. The normalized spacial score (nSPS) is 10.9. The molecule has 0 atom stereocenters. The van der Waals surface area contributed by atoms with Crippen molar-refractivity contribution >= 4 is 71.6 Å². The van der Waals surface area contributed by atoms with E-state index >= 15 is 0 Å². The number of phenols is 1. The molecule has 0 fully saturated rings. The topological polar surface area (TPSA) is 20.2 Å². The van der Waals surface area contributed by atoms with Gasteiger partial charge in [-0.25, -0.2) is 0 Å². The summed E-state index contributed by atoms with van der Waals surface area (Å²) in [4.78, 5) is 0. The molecule has 0 spiro atoms. The van der Waals surface area contributed by atoms with Crippen molar-refractivity contribution in [1.82, 2.24) is 0 Å². The molecule has 0 radical (unpaired) electrons. The average molecular weight is 587 g/mol. The fraction of sp³-hybridized carbons (Fsp3) is 0.0769. The van der Waals surface area contributed by atoms with Crippen molar-refractivity contribution in [1.29, 1.82) is 0 Å². The van der Waals surface area contributed by atoms with Gasteiger partial charge in [0, 0.05) is 0 Å². The summed E-state index contributed by atoms with van der Waals surface area (Å²) in [5.41, 5.74) is 2.54. The van der Waals surface area contributed by atoms with Crippen molar-refractivity contribution in [2.75, 3.05) is 0 Å². The van der Waals surface area contributed by atoms with Crippen molar-refractivity contribution in [2.24, 2.45) is 0 Å². The predicted molar refractivity (Wildman–Crippen MR) is 132 cm³/mol. The molecule has 4 aromatic carbocycles. The monoisotopic (exact) mass is 590 g/mol. The quantitative estimate of drug-likeness (QED) is 0.334. The second kappa shape index (κ2) is 10.0. The molecule has 4 aromatic rings. The molecule has 0 aliphatic carbocycles. The Morgan fingerprint density at radius 3 is 1.10 bits per heavy atom. The summed E-state index contributed by atoms with van der Waals surface area (Å²) in [6.45, 7) is 4.40. The van der Waals surface area contributed by atoms with Gasteiger partial charge in [0.1, 0.15) is 0 Å². The molecule has 1 nitrogen and oxygen atoms in total. The van der Waals surface area contributed by atoms with E-state index in [1.807, 2.05) is 0 Å². The van der Waals surface area contributed by atoms with E-state index < -0.39 is 0 Å². The third-order valence-electron chi connectivity index (χ3n) is 4.68. The number of hydrogen-bond donors (Lipinski definition) is 1. The maximum atomic E-state index is 11.4. The summed E-state index contributed by atoms with van der Waals surface area (Å²) in [5, 5.41) is 11.4. The van der Waals surface area contributed by atoms with Crippen molar-refractivity contribution in [3.63, 3.8) is 0 Å². The van der Waals surface area contributed by atoms with Gasteiger partial charge in [0.2, 0.25) is 0 Å². The molecule has 30 heavy (non-hydrogen) atoms. The van der Waals surface area contributed by atoms with Gasteiger partial charge in [-0.15, -0.1) is 0 Å². The minimum absolute atomic E-state index is 0.0756. The van der Waals surface area contributed by atoms with Crippen LogP contribution in [0.25, 0.3) is 0 Å². The molecule has 0 aliphatic rings. The van der Waals surface area contributed by atoms with Crippen LogP contribution in [0.5, 0.6) is 5.75 Å². The zero-order chi connectivity index (χ0) is 20.9. The van der Waals surface area contributed by atoms with Crippen LogP contribution >= 0.6 is 0 Å². The van der Waals surface area contributed by atoms with Gasteiger partial charge in [-0.3, -0.25) is 0 Å². The molecule has 0 aromatic heterocycles. The van der Waals surface area contributed by atoms with Gasteiger partial charge in [0.25, 0.3) is 0 Å². The Balaban J connectivity index is 1.83.